The third-order valence-corrected chi connectivity index (χ3v) is 9.28. The van der Waals surface area contributed by atoms with Crippen molar-refractivity contribution in [1.29, 1.82) is 0 Å². The lowest BCUT2D eigenvalue weighted by Gasteiger charge is -2.33. The molecule has 0 saturated heterocycles. The van der Waals surface area contributed by atoms with Gasteiger partial charge in [0.2, 0.25) is 11.8 Å². The molecule has 3 rings (SSSR count). The Hall–Kier alpha value is -2.79. The van der Waals surface area contributed by atoms with Crippen LogP contribution in [-0.4, -0.2) is 51.9 Å². The van der Waals surface area contributed by atoms with Gasteiger partial charge in [0.25, 0.3) is 10.0 Å². The minimum absolute atomic E-state index is 0.0311. The summed E-state index contributed by atoms with van der Waals surface area (Å²) in [5, 5.41) is 3.34. The summed E-state index contributed by atoms with van der Waals surface area (Å²) in [6.45, 7) is 3.05. The average Bonchev–Trinajstić information content (AvgIpc) is 2.92. The molecule has 0 aromatic heterocycles. The highest BCUT2D eigenvalue weighted by molar-refractivity contribution is 9.10. The number of aryl methyl sites for hydroxylation is 1. The monoisotopic (exact) mass is 669 g/mol. The zero-order valence-corrected chi connectivity index (χ0v) is 26.4. The van der Waals surface area contributed by atoms with Crippen LogP contribution in [0.25, 0.3) is 0 Å². The zero-order valence-electron chi connectivity index (χ0n) is 22.4. The molecular weight excluding hydrogens is 641 g/mol. The second-order valence-electron chi connectivity index (χ2n) is 8.94. The Morgan fingerprint density at radius 1 is 1.05 bits per heavy atom. The molecule has 8 nitrogen and oxygen atoms in total. The number of carbonyl (C=O) groups is 2. The first-order valence-electron chi connectivity index (χ1n) is 12.3. The summed E-state index contributed by atoms with van der Waals surface area (Å²) >= 11 is 15.8. The van der Waals surface area contributed by atoms with Crippen LogP contribution in [0, 0.1) is 6.92 Å². The average molecular weight is 671 g/mol. The summed E-state index contributed by atoms with van der Waals surface area (Å²) in [5.74, 6) is -0.512. The topological polar surface area (TPSA) is 96.0 Å². The Morgan fingerprint density at radius 3 is 2.27 bits per heavy atom. The number of nitrogens with one attached hydrogen (secondary N) is 1. The number of nitrogens with zero attached hydrogens (tertiary/aromatic N) is 2. The lowest BCUT2D eigenvalue weighted by atomic mass is 10.1. The molecule has 1 N–H and O–H groups in total. The summed E-state index contributed by atoms with van der Waals surface area (Å²) in [7, 11) is -1.28. The molecule has 0 heterocycles. The van der Waals surface area contributed by atoms with E-state index >= 15 is 0 Å². The number of amides is 2. The molecule has 0 unspecified atom stereocenters. The van der Waals surface area contributed by atoms with E-state index in [0.29, 0.717) is 37.9 Å². The molecule has 1 atom stereocenters. The highest BCUT2D eigenvalue weighted by atomic mass is 79.9. The predicted octanol–water partition coefficient (Wildman–Crippen LogP) is 5.82. The number of benzene rings is 3. The molecule has 0 aliphatic carbocycles. The van der Waals surface area contributed by atoms with Gasteiger partial charge in [-0.25, -0.2) is 8.42 Å². The maximum Gasteiger partial charge on any atom is 0.264 e. The molecule has 2 amide bonds. The lowest BCUT2D eigenvalue weighted by Crippen LogP contribution is -2.51. The van der Waals surface area contributed by atoms with Crippen LogP contribution in [0.2, 0.25) is 10.0 Å². The van der Waals surface area contributed by atoms with Gasteiger partial charge in [0.15, 0.2) is 0 Å². The Kier molecular flexibility index (Phi) is 10.9. The van der Waals surface area contributed by atoms with Gasteiger partial charge in [0.05, 0.1) is 22.2 Å². The molecule has 3 aromatic carbocycles. The number of anilines is 1. The molecule has 0 saturated carbocycles. The summed E-state index contributed by atoms with van der Waals surface area (Å²) in [4.78, 5) is 28.1. The predicted molar refractivity (Wildman–Crippen MR) is 162 cm³/mol. The molecule has 0 radical (unpaired) electrons. The van der Waals surface area contributed by atoms with Gasteiger partial charge in [0.1, 0.15) is 18.3 Å². The van der Waals surface area contributed by atoms with Gasteiger partial charge in [-0.1, -0.05) is 53.9 Å². The standard InChI is InChI=1S/C28H30BrCl2N3O5S/c1-5-25(28(36)32-3)33(16-19-8-9-20(30)14-24(19)31)27(35)17-34(21-10-6-18(2)7-11-21)40(37,38)22-12-13-26(39-4)23(29)15-22/h6-15,25H,5,16-17H2,1-4H3,(H,32,36)/t25-/m0/s1. The number of carbonyl (C=O) groups excluding carboxylic acids is 2. The molecule has 0 spiro atoms. The Labute approximate surface area is 253 Å². The highest BCUT2D eigenvalue weighted by Crippen LogP contribution is 2.31. The summed E-state index contributed by atoms with van der Waals surface area (Å²) in [5.41, 5.74) is 1.78. The second-order valence-corrected chi connectivity index (χ2v) is 12.5. The molecule has 0 aliphatic heterocycles. The van der Waals surface area contributed by atoms with Crippen molar-refractivity contribution in [2.45, 2.75) is 37.8 Å². The highest BCUT2D eigenvalue weighted by Gasteiger charge is 2.34. The van der Waals surface area contributed by atoms with Crippen LogP contribution in [0.5, 0.6) is 5.75 Å². The van der Waals surface area contributed by atoms with E-state index < -0.39 is 28.5 Å². The van der Waals surface area contributed by atoms with Crippen LogP contribution < -0.4 is 14.4 Å². The van der Waals surface area contributed by atoms with Crippen molar-refractivity contribution >= 4 is 66.7 Å². The van der Waals surface area contributed by atoms with Crippen LogP contribution in [0.4, 0.5) is 5.69 Å². The van der Waals surface area contributed by atoms with Gasteiger partial charge >= 0.3 is 0 Å². The summed E-state index contributed by atoms with van der Waals surface area (Å²) in [6, 6.07) is 15.1. The zero-order chi connectivity index (χ0) is 29.6. The molecule has 0 aliphatic rings. The minimum atomic E-state index is -4.23. The number of hydrogen-bond acceptors (Lipinski definition) is 5. The molecule has 40 heavy (non-hydrogen) atoms. The number of ether oxygens (including phenoxy) is 1. The maximum absolute atomic E-state index is 14.0. The maximum atomic E-state index is 14.0. The lowest BCUT2D eigenvalue weighted by molar-refractivity contribution is -0.140. The van der Waals surface area contributed by atoms with E-state index in [0.717, 1.165) is 9.87 Å². The molecular formula is C28H30BrCl2N3O5S. The van der Waals surface area contributed by atoms with E-state index in [2.05, 4.69) is 21.2 Å². The number of halogens is 3. The first kappa shape index (κ1) is 31.7. The van der Waals surface area contributed by atoms with Crippen LogP contribution in [0.1, 0.15) is 24.5 Å². The van der Waals surface area contributed by atoms with Gasteiger partial charge in [0, 0.05) is 23.6 Å². The van der Waals surface area contributed by atoms with Crippen LogP contribution >= 0.6 is 39.1 Å². The van der Waals surface area contributed by atoms with Crippen molar-refractivity contribution < 1.29 is 22.7 Å². The van der Waals surface area contributed by atoms with E-state index in [1.165, 1.54) is 37.3 Å². The summed E-state index contributed by atoms with van der Waals surface area (Å²) in [6.07, 6.45) is 0.291. The molecule has 12 heteroatoms. The SMILES string of the molecule is CC[C@@H](C(=O)NC)N(Cc1ccc(Cl)cc1Cl)C(=O)CN(c1ccc(C)cc1)S(=O)(=O)c1ccc(OC)c(Br)c1. The minimum Gasteiger partial charge on any atom is -0.496 e. The molecule has 214 valence electrons. The molecule has 3 aromatic rings. The third-order valence-electron chi connectivity index (χ3n) is 6.30. The first-order chi connectivity index (χ1) is 18.9. The van der Waals surface area contributed by atoms with Gasteiger partial charge < -0.3 is 15.0 Å². The quantitative estimate of drug-likeness (QED) is 0.277. The van der Waals surface area contributed by atoms with Gasteiger partial charge in [-0.3, -0.25) is 13.9 Å². The van der Waals surface area contributed by atoms with Gasteiger partial charge in [-0.15, -0.1) is 0 Å². The number of hydrogen-bond donors (Lipinski definition) is 1. The first-order valence-corrected chi connectivity index (χ1v) is 15.3. The fourth-order valence-electron chi connectivity index (χ4n) is 4.09. The van der Waals surface area contributed by atoms with Crippen LogP contribution in [-0.2, 0) is 26.2 Å². The second kappa shape index (κ2) is 13.7. The fourth-order valence-corrected chi connectivity index (χ4v) is 6.70. The Bertz CT molecular complexity index is 1490. The number of sulfonamides is 1. The van der Waals surface area contributed by atoms with Gasteiger partial charge in [-0.05, 0) is 77.3 Å². The van der Waals surface area contributed by atoms with Crippen LogP contribution in [0.15, 0.2) is 70.0 Å². The normalized spacial score (nSPS) is 12.0. The Balaban J connectivity index is 2.09. The summed E-state index contributed by atoms with van der Waals surface area (Å²) < 4.78 is 34.7. The van der Waals surface area contributed by atoms with E-state index in [1.807, 2.05) is 6.92 Å². The number of rotatable bonds is 11. The van der Waals surface area contributed by atoms with Crippen molar-refractivity contribution in [3.05, 3.63) is 86.3 Å². The van der Waals surface area contributed by atoms with Gasteiger partial charge in [-0.2, -0.15) is 0 Å². The van der Waals surface area contributed by atoms with E-state index in [4.69, 9.17) is 27.9 Å². The Morgan fingerprint density at radius 2 is 1.73 bits per heavy atom. The molecule has 0 bridgehead atoms. The largest absolute Gasteiger partial charge is 0.496 e. The van der Waals surface area contributed by atoms with Crippen molar-refractivity contribution in [3.8, 4) is 5.75 Å². The van der Waals surface area contributed by atoms with Crippen molar-refractivity contribution in [3.63, 3.8) is 0 Å². The van der Waals surface area contributed by atoms with Crippen molar-refractivity contribution in [1.82, 2.24) is 10.2 Å². The fraction of sp³-hybridized carbons (Fsp3) is 0.286. The van der Waals surface area contributed by atoms with Crippen molar-refractivity contribution in [2.75, 3.05) is 25.0 Å². The number of methoxy groups -OCH3 is 1. The van der Waals surface area contributed by atoms with Crippen LogP contribution in [0.3, 0.4) is 0 Å². The van der Waals surface area contributed by atoms with E-state index in [1.54, 1.807) is 49.4 Å². The van der Waals surface area contributed by atoms with Crippen molar-refractivity contribution in [2.24, 2.45) is 0 Å². The van der Waals surface area contributed by atoms with E-state index in [9.17, 15) is 18.0 Å². The third kappa shape index (κ3) is 7.28. The van der Waals surface area contributed by atoms with E-state index in [-0.39, 0.29) is 17.3 Å². The smallest absolute Gasteiger partial charge is 0.264 e. The number of likely N-dealkylation sites (N-methyl/N-ethyl adjacent to an activating group) is 1. The molecule has 0 fully saturated rings.